The predicted molar refractivity (Wildman–Crippen MR) is 64.9 cm³/mol. The Bertz CT molecular complexity index is 253. The van der Waals surface area contributed by atoms with Gasteiger partial charge in [0.1, 0.15) is 0 Å². The molecule has 0 saturated heterocycles. The first-order valence-electron chi connectivity index (χ1n) is 6.74. The minimum Gasteiger partial charge on any atom is -0.368 e. The van der Waals surface area contributed by atoms with Crippen LogP contribution in [-0.2, 0) is 4.79 Å². The van der Waals surface area contributed by atoms with E-state index in [0.29, 0.717) is 6.04 Å². The Kier molecular flexibility index (Phi) is 3.53. The van der Waals surface area contributed by atoms with Gasteiger partial charge < -0.3 is 11.1 Å². The Hall–Kier alpha value is -0.570. The average molecular weight is 224 g/mol. The van der Waals surface area contributed by atoms with Gasteiger partial charge in [0.15, 0.2) is 0 Å². The Morgan fingerprint density at radius 2 is 1.94 bits per heavy atom. The topological polar surface area (TPSA) is 55.1 Å². The molecule has 0 aromatic rings. The van der Waals surface area contributed by atoms with E-state index in [0.717, 1.165) is 31.6 Å². The number of carbonyl (C=O) groups excluding carboxylic acids is 1. The van der Waals surface area contributed by atoms with E-state index in [-0.39, 0.29) is 11.4 Å². The van der Waals surface area contributed by atoms with Crippen LogP contribution in [0.3, 0.4) is 0 Å². The third-order valence-electron chi connectivity index (χ3n) is 4.19. The van der Waals surface area contributed by atoms with E-state index in [9.17, 15) is 4.79 Å². The molecule has 92 valence electrons. The molecule has 0 heterocycles. The minimum atomic E-state index is -0.370. The first kappa shape index (κ1) is 11.9. The lowest BCUT2D eigenvalue weighted by Gasteiger charge is -2.38. The zero-order valence-electron chi connectivity index (χ0n) is 10.3. The number of rotatable bonds is 5. The lowest BCUT2D eigenvalue weighted by Crippen LogP contribution is -2.58. The second kappa shape index (κ2) is 4.74. The summed E-state index contributed by atoms with van der Waals surface area (Å²) in [5.74, 6) is 0.688. The van der Waals surface area contributed by atoms with Crippen molar-refractivity contribution in [1.82, 2.24) is 5.32 Å². The van der Waals surface area contributed by atoms with Gasteiger partial charge in [-0.15, -0.1) is 0 Å². The summed E-state index contributed by atoms with van der Waals surface area (Å²) in [6, 6.07) is 0.565. The van der Waals surface area contributed by atoms with Crippen molar-refractivity contribution in [2.75, 3.05) is 0 Å². The van der Waals surface area contributed by atoms with Crippen LogP contribution in [0.5, 0.6) is 0 Å². The molecule has 0 unspecified atom stereocenters. The fourth-order valence-corrected chi connectivity index (χ4v) is 2.95. The van der Waals surface area contributed by atoms with Crippen LogP contribution in [0.2, 0.25) is 0 Å². The van der Waals surface area contributed by atoms with Gasteiger partial charge in [-0.2, -0.15) is 0 Å². The molecule has 0 aliphatic heterocycles. The molecule has 16 heavy (non-hydrogen) atoms. The zero-order chi connectivity index (χ0) is 11.6. The number of amides is 1. The molecule has 0 aromatic heterocycles. The highest BCUT2D eigenvalue weighted by Crippen LogP contribution is 2.36. The number of hydrogen-bond acceptors (Lipinski definition) is 2. The van der Waals surface area contributed by atoms with Gasteiger partial charge in [0.05, 0.1) is 5.54 Å². The molecule has 3 nitrogen and oxygen atoms in total. The van der Waals surface area contributed by atoms with Gasteiger partial charge in [0, 0.05) is 6.04 Å². The second-order valence-corrected chi connectivity index (χ2v) is 5.60. The molecule has 2 fully saturated rings. The van der Waals surface area contributed by atoms with Gasteiger partial charge in [-0.05, 0) is 44.4 Å². The number of nitrogens with one attached hydrogen (secondary N) is 1. The van der Waals surface area contributed by atoms with Crippen molar-refractivity contribution in [3.63, 3.8) is 0 Å². The number of hydrogen-bond donors (Lipinski definition) is 2. The fourth-order valence-electron chi connectivity index (χ4n) is 2.95. The van der Waals surface area contributed by atoms with Crippen LogP contribution < -0.4 is 11.1 Å². The second-order valence-electron chi connectivity index (χ2n) is 5.60. The Morgan fingerprint density at radius 3 is 2.38 bits per heavy atom. The lowest BCUT2D eigenvalue weighted by molar-refractivity contribution is -0.126. The molecule has 0 bridgehead atoms. The fraction of sp³-hybridized carbons (Fsp3) is 0.923. The van der Waals surface area contributed by atoms with Crippen LogP contribution in [0.4, 0.5) is 0 Å². The first-order chi connectivity index (χ1) is 7.66. The lowest BCUT2D eigenvalue weighted by atomic mass is 9.74. The SMILES string of the molecule is CCCC1CCC(NC2CC2)(C(N)=O)CC1. The standard InChI is InChI=1S/C13H24N2O/c1-2-3-10-6-8-13(9-7-10,12(14)16)15-11-4-5-11/h10-11,15H,2-9H2,1H3,(H2,14,16). The maximum absolute atomic E-state index is 11.7. The molecule has 2 aliphatic carbocycles. The van der Waals surface area contributed by atoms with Gasteiger partial charge in [-0.3, -0.25) is 4.79 Å². The maximum atomic E-state index is 11.7. The van der Waals surface area contributed by atoms with Crippen molar-refractivity contribution >= 4 is 5.91 Å². The quantitative estimate of drug-likeness (QED) is 0.750. The Labute approximate surface area is 98.2 Å². The van der Waals surface area contributed by atoms with Crippen molar-refractivity contribution in [3.05, 3.63) is 0 Å². The molecular weight excluding hydrogens is 200 g/mol. The van der Waals surface area contributed by atoms with Gasteiger partial charge in [0.25, 0.3) is 0 Å². The number of nitrogens with two attached hydrogens (primary N) is 1. The molecule has 3 N–H and O–H groups in total. The summed E-state index contributed by atoms with van der Waals surface area (Å²) in [5.41, 5.74) is 5.23. The molecule has 3 heteroatoms. The molecule has 1 amide bonds. The van der Waals surface area contributed by atoms with Crippen molar-refractivity contribution in [1.29, 1.82) is 0 Å². The summed E-state index contributed by atoms with van der Waals surface area (Å²) >= 11 is 0. The molecule has 0 atom stereocenters. The first-order valence-corrected chi connectivity index (χ1v) is 6.74. The molecular formula is C13H24N2O. The van der Waals surface area contributed by atoms with Crippen molar-refractivity contribution < 1.29 is 4.79 Å². The molecule has 0 radical (unpaired) electrons. The minimum absolute atomic E-state index is 0.130. The molecule has 2 aliphatic rings. The highest BCUT2D eigenvalue weighted by atomic mass is 16.1. The van der Waals surface area contributed by atoms with Crippen molar-refractivity contribution in [3.8, 4) is 0 Å². The van der Waals surface area contributed by atoms with E-state index in [2.05, 4.69) is 12.2 Å². The summed E-state index contributed by atoms with van der Waals surface area (Å²) < 4.78 is 0. The summed E-state index contributed by atoms with van der Waals surface area (Å²) in [5, 5.41) is 3.49. The van der Waals surface area contributed by atoms with Gasteiger partial charge in [0.2, 0.25) is 5.91 Å². The van der Waals surface area contributed by atoms with Crippen LogP contribution in [0.25, 0.3) is 0 Å². The van der Waals surface area contributed by atoms with E-state index in [1.54, 1.807) is 0 Å². The van der Waals surface area contributed by atoms with Crippen LogP contribution in [0.15, 0.2) is 0 Å². The molecule has 0 spiro atoms. The Balaban J connectivity index is 1.92. The summed E-state index contributed by atoms with van der Waals surface area (Å²) in [7, 11) is 0. The zero-order valence-corrected chi connectivity index (χ0v) is 10.3. The predicted octanol–water partition coefficient (Wildman–Crippen LogP) is 1.95. The Morgan fingerprint density at radius 1 is 1.31 bits per heavy atom. The summed E-state index contributed by atoms with van der Waals surface area (Å²) in [4.78, 5) is 11.7. The van der Waals surface area contributed by atoms with Crippen molar-refractivity contribution in [2.45, 2.75) is 69.9 Å². The van der Waals surface area contributed by atoms with E-state index in [1.807, 2.05) is 0 Å². The van der Waals surface area contributed by atoms with Crippen LogP contribution in [0.1, 0.15) is 58.3 Å². The normalized spacial score (nSPS) is 34.9. The van der Waals surface area contributed by atoms with E-state index in [4.69, 9.17) is 5.73 Å². The van der Waals surface area contributed by atoms with Crippen LogP contribution in [0, 0.1) is 5.92 Å². The number of carbonyl (C=O) groups is 1. The monoisotopic (exact) mass is 224 g/mol. The maximum Gasteiger partial charge on any atom is 0.237 e. The largest absolute Gasteiger partial charge is 0.368 e. The average Bonchev–Trinajstić information content (AvgIpc) is 3.05. The van der Waals surface area contributed by atoms with E-state index in [1.165, 1.54) is 25.7 Å². The van der Waals surface area contributed by atoms with Crippen molar-refractivity contribution in [2.24, 2.45) is 11.7 Å². The summed E-state index contributed by atoms with van der Waals surface area (Å²) in [6.45, 7) is 2.23. The van der Waals surface area contributed by atoms with Gasteiger partial charge in [-0.1, -0.05) is 19.8 Å². The van der Waals surface area contributed by atoms with Gasteiger partial charge in [-0.25, -0.2) is 0 Å². The van der Waals surface area contributed by atoms with Crippen LogP contribution in [-0.4, -0.2) is 17.5 Å². The van der Waals surface area contributed by atoms with Gasteiger partial charge >= 0.3 is 0 Å². The molecule has 2 rings (SSSR count). The molecule has 0 aromatic carbocycles. The van der Waals surface area contributed by atoms with E-state index >= 15 is 0 Å². The number of primary amides is 1. The molecule has 2 saturated carbocycles. The highest BCUT2D eigenvalue weighted by Gasteiger charge is 2.43. The van der Waals surface area contributed by atoms with E-state index < -0.39 is 0 Å². The summed E-state index contributed by atoms with van der Waals surface area (Å²) in [6.07, 6.45) is 9.21. The third-order valence-corrected chi connectivity index (χ3v) is 4.19. The smallest absolute Gasteiger partial charge is 0.237 e. The van der Waals surface area contributed by atoms with Crippen LogP contribution >= 0.6 is 0 Å². The highest BCUT2D eigenvalue weighted by molar-refractivity contribution is 5.84. The third kappa shape index (κ3) is 2.57.